The Hall–Kier alpha value is -1.14. The zero-order chi connectivity index (χ0) is 14.7. The van der Waals surface area contributed by atoms with Crippen LogP contribution in [0.5, 0.6) is 0 Å². The maximum Gasteiger partial charge on any atom is 0.309 e. The Kier molecular flexibility index (Phi) is 4.45. The highest BCUT2D eigenvalue weighted by Crippen LogP contribution is 2.38. The first kappa shape index (κ1) is 14.8. The van der Waals surface area contributed by atoms with Gasteiger partial charge in [0.1, 0.15) is 6.10 Å². The monoisotopic (exact) mass is 296 g/mol. The van der Waals surface area contributed by atoms with Gasteiger partial charge in [-0.05, 0) is 25.7 Å². The van der Waals surface area contributed by atoms with Gasteiger partial charge in [-0.1, -0.05) is 12.8 Å². The van der Waals surface area contributed by atoms with Crippen LogP contribution in [0.2, 0.25) is 0 Å². The van der Waals surface area contributed by atoms with Crippen LogP contribution in [0.15, 0.2) is 0 Å². The van der Waals surface area contributed by atoms with Crippen LogP contribution >= 0.6 is 0 Å². The van der Waals surface area contributed by atoms with Gasteiger partial charge in [-0.15, -0.1) is 0 Å². The molecule has 1 spiro atoms. The summed E-state index contributed by atoms with van der Waals surface area (Å²) in [6.07, 6.45) is 8.17. The Labute approximate surface area is 124 Å². The number of hydrogen-bond donors (Lipinski definition) is 2. The van der Waals surface area contributed by atoms with Gasteiger partial charge in [0.15, 0.2) is 5.79 Å². The molecule has 0 aromatic heterocycles. The topological polar surface area (TPSA) is 76.7 Å². The van der Waals surface area contributed by atoms with Crippen molar-refractivity contribution in [3.05, 3.63) is 0 Å². The Morgan fingerprint density at radius 3 is 2.48 bits per heavy atom. The molecule has 2 saturated carbocycles. The first-order valence-corrected chi connectivity index (χ1v) is 8.07. The maximum absolute atomic E-state index is 11.8. The van der Waals surface area contributed by atoms with Crippen LogP contribution in [-0.4, -0.2) is 42.9 Å². The molecule has 3 fully saturated rings. The van der Waals surface area contributed by atoms with Gasteiger partial charge in [0, 0.05) is 25.4 Å². The molecule has 0 radical (unpaired) electrons. The average Bonchev–Trinajstić information content (AvgIpc) is 3.21. The van der Waals surface area contributed by atoms with Crippen molar-refractivity contribution in [3.8, 4) is 0 Å². The summed E-state index contributed by atoms with van der Waals surface area (Å²) < 4.78 is 11.6. The molecule has 1 heterocycles. The van der Waals surface area contributed by atoms with E-state index in [-0.39, 0.29) is 12.1 Å². The van der Waals surface area contributed by atoms with Crippen LogP contribution in [-0.2, 0) is 19.1 Å². The van der Waals surface area contributed by atoms with E-state index in [2.05, 4.69) is 10.6 Å². The molecule has 21 heavy (non-hydrogen) atoms. The predicted octanol–water partition coefficient (Wildman–Crippen LogP) is 0.847. The van der Waals surface area contributed by atoms with E-state index in [0.29, 0.717) is 13.2 Å². The van der Waals surface area contributed by atoms with Crippen molar-refractivity contribution in [3.63, 3.8) is 0 Å². The van der Waals surface area contributed by atoms with Crippen molar-refractivity contribution >= 4 is 11.8 Å². The molecular weight excluding hydrogens is 272 g/mol. The quantitative estimate of drug-likeness (QED) is 0.757. The molecule has 6 heteroatoms. The van der Waals surface area contributed by atoms with Crippen molar-refractivity contribution < 1.29 is 19.1 Å². The van der Waals surface area contributed by atoms with Gasteiger partial charge < -0.3 is 20.1 Å². The van der Waals surface area contributed by atoms with Crippen molar-refractivity contribution in [2.24, 2.45) is 0 Å². The predicted molar refractivity (Wildman–Crippen MR) is 75.4 cm³/mol. The molecule has 2 N–H and O–H groups in total. The Balaban J connectivity index is 1.38. The molecule has 3 aliphatic rings. The molecule has 1 aliphatic heterocycles. The summed E-state index contributed by atoms with van der Waals surface area (Å²) in [6.45, 7) is 0.823. The molecule has 0 aromatic rings. The third kappa shape index (κ3) is 3.55. The van der Waals surface area contributed by atoms with E-state index in [1.54, 1.807) is 0 Å². The van der Waals surface area contributed by atoms with Crippen LogP contribution in [0.4, 0.5) is 0 Å². The van der Waals surface area contributed by atoms with Crippen molar-refractivity contribution in [1.29, 1.82) is 0 Å². The zero-order valence-corrected chi connectivity index (χ0v) is 12.4. The van der Waals surface area contributed by atoms with E-state index in [1.165, 1.54) is 0 Å². The van der Waals surface area contributed by atoms with Crippen molar-refractivity contribution in [2.45, 2.75) is 69.3 Å². The van der Waals surface area contributed by atoms with Gasteiger partial charge in [0.05, 0.1) is 6.61 Å². The number of rotatable bonds is 3. The molecule has 1 atom stereocenters. The summed E-state index contributed by atoms with van der Waals surface area (Å²) in [5, 5.41) is 5.43. The molecule has 0 aromatic carbocycles. The number of carbonyl (C=O) groups excluding carboxylic acids is 2. The minimum Gasteiger partial charge on any atom is -0.347 e. The molecule has 118 valence electrons. The summed E-state index contributed by atoms with van der Waals surface area (Å²) in [5.74, 6) is -1.52. The van der Waals surface area contributed by atoms with Crippen LogP contribution in [0.1, 0.15) is 51.4 Å². The second-order valence-electron chi connectivity index (χ2n) is 6.33. The lowest BCUT2D eigenvalue weighted by atomic mass is 10.2. The third-order valence-electron chi connectivity index (χ3n) is 4.67. The van der Waals surface area contributed by atoms with E-state index in [4.69, 9.17) is 9.47 Å². The van der Waals surface area contributed by atoms with E-state index in [1.807, 2.05) is 0 Å². The van der Waals surface area contributed by atoms with Crippen LogP contribution in [0.3, 0.4) is 0 Å². The normalized spacial score (nSPS) is 28.1. The maximum atomic E-state index is 11.8. The van der Waals surface area contributed by atoms with Gasteiger partial charge in [-0.25, -0.2) is 0 Å². The lowest BCUT2D eigenvalue weighted by molar-refractivity contribution is -0.161. The summed E-state index contributed by atoms with van der Waals surface area (Å²) in [4.78, 5) is 23.5. The third-order valence-corrected chi connectivity index (χ3v) is 4.67. The van der Waals surface area contributed by atoms with E-state index >= 15 is 0 Å². The lowest BCUT2D eigenvalue weighted by Gasteiger charge is -2.21. The van der Waals surface area contributed by atoms with Crippen molar-refractivity contribution in [2.75, 3.05) is 13.2 Å². The molecule has 0 bridgehead atoms. The fraction of sp³-hybridized carbons (Fsp3) is 0.867. The Bertz CT molecular complexity index is 400. The zero-order valence-electron chi connectivity index (χ0n) is 12.4. The smallest absolute Gasteiger partial charge is 0.309 e. The fourth-order valence-corrected chi connectivity index (χ4v) is 3.50. The summed E-state index contributed by atoms with van der Waals surface area (Å²) in [6, 6.07) is 0.163. The highest BCUT2D eigenvalue weighted by molar-refractivity contribution is 6.35. The number of carbonyl (C=O) groups is 2. The SMILES string of the molecule is O=C(NC[C@H]1COC2(CCCC2)O1)C(=O)NC1CCCC1. The molecule has 2 amide bonds. The number of ether oxygens (including phenoxy) is 2. The minimum atomic E-state index is -0.571. The van der Waals surface area contributed by atoms with Crippen LogP contribution in [0, 0.1) is 0 Å². The summed E-state index contributed by atoms with van der Waals surface area (Å²) >= 11 is 0. The molecule has 0 unspecified atom stereocenters. The van der Waals surface area contributed by atoms with Crippen LogP contribution < -0.4 is 10.6 Å². The Morgan fingerprint density at radius 2 is 1.76 bits per heavy atom. The molecule has 6 nitrogen and oxygen atoms in total. The standard InChI is InChI=1S/C15H24N2O4/c18-13(14(19)17-11-5-1-2-6-11)16-9-12-10-20-15(21-12)7-3-4-8-15/h11-12H,1-10H2,(H,16,18)(H,17,19)/t12-/m0/s1. The molecule has 2 aliphatic carbocycles. The van der Waals surface area contributed by atoms with Crippen molar-refractivity contribution in [1.82, 2.24) is 10.6 Å². The van der Waals surface area contributed by atoms with Gasteiger partial charge in [0.25, 0.3) is 0 Å². The highest BCUT2D eigenvalue weighted by Gasteiger charge is 2.43. The van der Waals surface area contributed by atoms with E-state index in [0.717, 1.165) is 51.4 Å². The van der Waals surface area contributed by atoms with Gasteiger partial charge >= 0.3 is 11.8 Å². The molecule has 3 rings (SSSR count). The van der Waals surface area contributed by atoms with Gasteiger partial charge in [-0.2, -0.15) is 0 Å². The molecular formula is C15H24N2O4. The second kappa shape index (κ2) is 6.32. The first-order chi connectivity index (χ1) is 10.2. The minimum absolute atomic E-state index is 0.147. The molecule has 1 saturated heterocycles. The largest absolute Gasteiger partial charge is 0.347 e. The number of hydrogen-bond acceptors (Lipinski definition) is 4. The van der Waals surface area contributed by atoms with Gasteiger partial charge in [-0.3, -0.25) is 9.59 Å². The fourth-order valence-electron chi connectivity index (χ4n) is 3.50. The second-order valence-corrected chi connectivity index (χ2v) is 6.33. The average molecular weight is 296 g/mol. The summed E-state index contributed by atoms with van der Waals surface area (Å²) in [7, 11) is 0. The van der Waals surface area contributed by atoms with Gasteiger partial charge in [0.2, 0.25) is 0 Å². The number of nitrogens with one attached hydrogen (secondary N) is 2. The highest BCUT2D eigenvalue weighted by atomic mass is 16.7. The van der Waals surface area contributed by atoms with E-state index < -0.39 is 17.6 Å². The first-order valence-electron chi connectivity index (χ1n) is 8.07. The van der Waals surface area contributed by atoms with Crippen LogP contribution in [0.25, 0.3) is 0 Å². The number of amides is 2. The summed E-state index contributed by atoms with van der Waals surface area (Å²) in [5.41, 5.74) is 0. The lowest BCUT2D eigenvalue weighted by Crippen LogP contribution is -2.46. The van der Waals surface area contributed by atoms with E-state index in [9.17, 15) is 9.59 Å². The Morgan fingerprint density at radius 1 is 1.05 bits per heavy atom.